The van der Waals surface area contributed by atoms with Gasteiger partial charge in [0, 0.05) is 12.8 Å². The molecule has 0 aromatic carbocycles. The second-order valence-electron chi connectivity index (χ2n) is 5.68. The zero-order valence-corrected chi connectivity index (χ0v) is 12.8. The molecule has 5 nitrogen and oxygen atoms in total. The molecule has 1 atom stereocenters. The van der Waals surface area contributed by atoms with Crippen LogP contribution >= 0.6 is 0 Å². The summed E-state index contributed by atoms with van der Waals surface area (Å²) >= 11 is 0. The smallest absolute Gasteiger partial charge is 0.293 e. The van der Waals surface area contributed by atoms with Crippen LogP contribution in [0.4, 0.5) is 0 Å². The molecule has 0 radical (unpaired) electrons. The van der Waals surface area contributed by atoms with Crippen molar-refractivity contribution in [1.82, 2.24) is 4.90 Å². The van der Waals surface area contributed by atoms with E-state index in [-0.39, 0.29) is 10.9 Å². The summed E-state index contributed by atoms with van der Waals surface area (Å²) < 4.78 is 26.8. The van der Waals surface area contributed by atoms with Crippen molar-refractivity contribution in [3.63, 3.8) is 0 Å². The Morgan fingerprint density at radius 1 is 1.33 bits per heavy atom. The lowest BCUT2D eigenvalue weighted by molar-refractivity contribution is -0.138. The number of piperidine rings is 1. The Morgan fingerprint density at radius 3 is 2.11 bits per heavy atom. The van der Waals surface area contributed by atoms with Gasteiger partial charge in [-0.2, -0.15) is 0 Å². The van der Waals surface area contributed by atoms with E-state index in [1.54, 1.807) is 0 Å². The molecule has 0 spiro atoms. The van der Waals surface area contributed by atoms with Gasteiger partial charge in [0.2, 0.25) is 0 Å². The molecule has 0 aromatic rings. The molecule has 1 aliphatic rings. The van der Waals surface area contributed by atoms with E-state index in [0.717, 1.165) is 19.4 Å². The molecule has 0 amide bonds. The summed E-state index contributed by atoms with van der Waals surface area (Å²) in [5.41, 5.74) is -0.318. The molecular weight excluding hydrogens is 254 g/mol. The van der Waals surface area contributed by atoms with Gasteiger partial charge in [-0.25, -0.2) is 8.42 Å². The van der Waals surface area contributed by atoms with Crippen LogP contribution in [-0.4, -0.2) is 57.0 Å². The van der Waals surface area contributed by atoms with Crippen molar-refractivity contribution in [2.24, 2.45) is 0 Å². The number of likely N-dealkylation sites (tertiary alicyclic amines) is 1. The van der Waals surface area contributed by atoms with E-state index in [9.17, 15) is 13.2 Å². The fourth-order valence-electron chi connectivity index (χ4n) is 1.61. The van der Waals surface area contributed by atoms with Crippen LogP contribution < -0.4 is 0 Å². The third-order valence-electron chi connectivity index (χ3n) is 2.59. The number of rotatable bonds is 2. The van der Waals surface area contributed by atoms with E-state index in [1.165, 1.54) is 6.26 Å². The second-order valence-corrected chi connectivity index (χ2v) is 8.01. The Morgan fingerprint density at radius 2 is 1.89 bits per heavy atom. The van der Waals surface area contributed by atoms with Crippen molar-refractivity contribution >= 4 is 16.3 Å². The van der Waals surface area contributed by atoms with Crippen LogP contribution in [-0.2, 0) is 19.4 Å². The number of carbonyl (C=O) groups excluding carboxylic acids is 1. The van der Waals surface area contributed by atoms with E-state index < -0.39 is 9.84 Å². The summed E-state index contributed by atoms with van der Waals surface area (Å²) in [4.78, 5) is 11.7. The van der Waals surface area contributed by atoms with E-state index in [4.69, 9.17) is 0 Å². The molecule has 0 aromatic heterocycles. The van der Waals surface area contributed by atoms with Gasteiger partial charge in [0.25, 0.3) is 6.47 Å². The lowest BCUT2D eigenvalue weighted by Gasteiger charge is -2.28. The molecule has 1 saturated heterocycles. The van der Waals surface area contributed by atoms with Gasteiger partial charge in [0.1, 0.15) is 5.60 Å². The van der Waals surface area contributed by atoms with Gasteiger partial charge in [-0.3, -0.25) is 4.79 Å². The van der Waals surface area contributed by atoms with Crippen LogP contribution in [0.1, 0.15) is 33.6 Å². The third-order valence-corrected chi connectivity index (χ3v) is 4.18. The number of sulfone groups is 1. The lowest BCUT2D eigenvalue weighted by atomic mass is 10.1. The Balaban J connectivity index is 0.000000360. The number of nitrogens with zero attached hydrogens (tertiary/aromatic N) is 1. The lowest BCUT2D eigenvalue weighted by Crippen LogP contribution is -2.39. The molecular formula is C12H25NO4S. The van der Waals surface area contributed by atoms with Crippen LogP contribution in [0.25, 0.3) is 0 Å². The number of hydrogen-bond acceptors (Lipinski definition) is 5. The molecule has 1 unspecified atom stereocenters. The number of hydrogen-bond donors (Lipinski definition) is 0. The molecule has 0 saturated carbocycles. The minimum absolute atomic E-state index is 0.124. The second kappa shape index (κ2) is 7.09. The van der Waals surface area contributed by atoms with E-state index in [0.29, 0.717) is 13.0 Å². The van der Waals surface area contributed by atoms with Crippen molar-refractivity contribution in [2.75, 3.05) is 26.4 Å². The first-order chi connectivity index (χ1) is 8.06. The monoisotopic (exact) mass is 279 g/mol. The van der Waals surface area contributed by atoms with Gasteiger partial charge in [-0.1, -0.05) is 0 Å². The molecule has 6 heteroatoms. The van der Waals surface area contributed by atoms with Crippen molar-refractivity contribution < 1.29 is 17.9 Å². The van der Waals surface area contributed by atoms with Crippen LogP contribution in [0, 0.1) is 0 Å². The van der Waals surface area contributed by atoms with Crippen molar-refractivity contribution in [1.29, 1.82) is 0 Å². The largest absolute Gasteiger partial charge is 0.462 e. The predicted molar refractivity (Wildman–Crippen MR) is 72.3 cm³/mol. The zero-order valence-electron chi connectivity index (χ0n) is 12.0. The van der Waals surface area contributed by atoms with Crippen molar-refractivity contribution in [2.45, 2.75) is 44.5 Å². The van der Waals surface area contributed by atoms with Gasteiger partial charge >= 0.3 is 0 Å². The van der Waals surface area contributed by atoms with Crippen LogP contribution in [0.3, 0.4) is 0 Å². The summed E-state index contributed by atoms with van der Waals surface area (Å²) in [5, 5.41) is -0.124. The first-order valence-electron chi connectivity index (χ1n) is 6.05. The van der Waals surface area contributed by atoms with Crippen molar-refractivity contribution in [3.8, 4) is 0 Å². The highest BCUT2D eigenvalue weighted by Crippen LogP contribution is 2.14. The highest BCUT2D eigenvalue weighted by Gasteiger charge is 2.25. The molecule has 1 aliphatic heterocycles. The third kappa shape index (κ3) is 8.47. The molecule has 0 N–H and O–H groups in total. The van der Waals surface area contributed by atoms with E-state index in [1.807, 2.05) is 27.8 Å². The Labute approximate surface area is 110 Å². The highest BCUT2D eigenvalue weighted by molar-refractivity contribution is 7.91. The highest BCUT2D eigenvalue weighted by atomic mass is 32.2. The van der Waals surface area contributed by atoms with Gasteiger partial charge in [-0.15, -0.1) is 0 Å². The van der Waals surface area contributed by atoms with Crippen LogP contribution in [0.15, 0.2) is 0 Å². The molecule has 18 heavy (non-hydrogen) atoms. The summed E-state index contributed by atoms with van der Waals surface area (Å²) in [5.74, 6) is 0. The molecule has 1 rings (SSSR count). The minimum Gasteiger partial charge on any atom is -0.462 e. The van der Waals surface area contributed by atoms with Gasteiger partial charge in [0.15, 0.2) is 9.84 Å². The topological polar surface area (TPSA) is 63.7 Å². The number of carbonyl (C=O) groups is 1. The van der Waals surface area contributed by atoms with Gasteiger partial charge in [0.05, 0.1) is 5.25 Å². The fourth-order valence-corrected chi connectivity index (χ4v) is 2.73. The molecule has 0 aliphatic carbocycles. The summed E-state index contributed by atoms with van der Waals surface area (Å²) in [6.45, 7) is 7.66. The Kier molecular flexibility index (Phi) is 6.84. The van der Waals surface area contributed by atoms with Crippen LogP contribution in [0.2, 0.25) is 0 Å². The Hall–Kier alpha value is -0.620. The standard InChI is InChI=1S/C7H15NO2S.C5H10O2/c1-8-5-3-4-7(6-8)11(2,9)10;1-5(2,3)7-4-6/h7H,3-6H2,1-2H3;4H,1-3H3. The molecule has 1 fully saturated rings. The number of ether oxygens (including phenoxy) is 1. The maximum absolute atomic E-state index is 11.1. The molecule has 108 valence electrons. The van der Waals surface area contributed by atoms with Gasteiger partial charge < -0.3 is 9.64 Å². The minimum atomic E-state index is -2.80. The van der Waals surface area contributed by atoms with Crippen LogP contribution in [0.5, 0.6) is 0 Å². The maximum atomic E-state index is 11.1. The predicted octanol–water partition coefficient (Wildman–Crippen LogP) is 1.08. The summed E-state index contributed by atoms with van der Waals surface area (Å²) in [6.07, 6.45) is 3.17. The fraction of sp³-hybridized carbons (Fsp3) is 0.917. The first kappa shape index (κ1) is 17.4. The average Bonchev–Trinajstić information content (AvgIpc) is 2.15. The SMILES string of the molecule is CC(C)(C)OC=O.CN1CCCC(S(C)(=O)=O)C1. The first-order valence-corrected chi connectivity index (χ1v) is 8.00. The zero-order chi connectivity index (χ0) is 14.4. The normalized spacial score (nSPS) is 21.7. The quantitative estimate of drug-likeness (QED) is 0.708. The Bertz CT molecular complexity index is 346. The van der Waals surface area contributed by atoms with E-state index >= 15 is 0 Å². The van der Waals surface area contributed by atoms with Gasteiger partial charge in [-0.05, 0) is 47.2 Å². The molecule has 0 bridgehead atoms. The average molecular weight is 279 g/mol. The van der Waals surface area contributed by atoms with E-state index in [2.05, 4.69) is 9.64 Å². The van der Waals surface area contributed by atoms with Crippen molar-refractivity contribution in [3.05, 3.63) is 0 Å². The maximum Gasteiger partial charge on any atom is 0.293 e. The summed E-state index contributed by atoms with van der Waals surface area (Å²) in [6, 6.07) is 0. The molecule has 1 heterocycles. The summed E-state index contributed by atoms with van der Waals surface area (Å²) in [7, 11) is -0.831.